The fourth-order valence-electron chi connectivity index (χ4n) is 6.36. The molecule has 1 amide bonds. The quantitative estimate of drug-likeness (QED) is 0.301. The van der Waals surface area contributed by atoms with Gasteiger partial charge in [0, 0.05) is 17.5 Å². The van der Waals surface area contributed by atoms with Crippen LogP contribution in [0.3, 0.4) is 0 Å². The summed E-state index contributed by atoms with van der Waals surface area (Å²) in [7, 11) is 0. The lowest BCUT2D eigenvalue weighted by atomic mass is 9.64. The molecule has 3 aromatic rings. The first-order valence-corrected chi connectivity index (χ1v) is 13.3. The molecule has 40 heavy (non-hydrogen) atoms. The lowest BCUT2D eigenvalue weighted by molar-refractivity contribution is -0.274. The fraction of sp³-hybridized carbons (Fsp3) is 0.355. The molecule has 0 saturated heterocycles. The van der Waals surface area contributed by atoms with Gasteiger partial charge >= 0.3 is 12.3 Å². The Balaban J connectivity index is 1.30. The lowest BCUT2D eigenvalue weighted by Gasteiger charge is -2.39. The summed E-state index contributed by atoms with van der Waals surface area (Å²) in [5.41, 5.74) is 3.19. The molecule has 5 rings (SSSR count). The van der Waals surface area contributed by atoms with Crippen molar-refractivity contribution in [2.24, 2.45) is 11.8 Å². The van der Waals surface area contributed by atoms with E-state index >= 15 is 0 Å². The normalized spacial score (nSPS) is 21.7. The van der Waals surface area contributed by atoms with Gasteiger partial charge in [0.1, 0.15) is 18.1 Å². The molecule has 2 aliphatic rings. The van der Waals surface area contributed by atoms with Crippen LogP contribution < -0.4 is 14.8 Å². The number of carboxylic acid groups (broad SMARTS) is 1. The van der Waals surface area contributed by atoms with Gasteiger partial charge in [-0.2, -0.15) is 0 Å². The standard InChI is InChI=1S/C31H30F3NO5/c32-31(33,34)40-27-3-1-2-21(17-27)19-39-26-12-10-24(11-13-26)30(18-20-4-7-25(30)16-20)23-8-5-22(6-9-23)29(38)35-15-14-28(36)37/h1-3,5-6,8-13,17,20,25H,4,7,14-16,18-19H2,(H,35,38)(H,36,37). The number of amides is 1. The van der Waals surface area contributed by atoms with Crippen LogP contribution in [0.25, 0.3) is 0 Å². The highest BCUT2D eigenvalue weighted by Crippen LogP contribution is 2.60. The van der Waals surface area contributed by atoms with E-state index in [1.807, 2.05) is 24.3 Å². The minimum absolute atomic E-state index is 0.0742. The molecule has 2 fully saturated rings. The third kappa shape index (κ3) is 6.08. The average molecular weight is 554 g/mol. The molecule has 2 saturated carbocycles. The predicted octanol–water partition coefficient (Wildman–Crippen LogP) is 6.47. The summed E-state index contributed by atoms with van der Waals surface area (Å²) in [6.45, 7) is 0.172. The van der Waals surface area contributed by atoms with E-state index in [-0.39, 0.29) is 36.6 Å². The summed E-state index contributed by atoms with van der Waals surface area (Å²) in [6.07, 6.45) is -0.347. The molecule has 2 bridgehead atoms. The molecule has 0 aromatic heterocycles. The highest BCUT2D eigenvalue weighted by Gasteiger charge is 2.52. The zero-order valence-corrected chi connectivity index (χ0v) is 21.7. The van der Waals surface area contributed by atoms with E-state index < -0.39 is 12.3 Å². The Kier molecular flexibility index (Phi) is 7.74. The van der Waals surface area contributed by atoms with Gasteiger partial charge in [-0.05, 0) is 84.2 Å². The van der Waals surface area contributed by atoms with Crippen LogP contribution in [-0.2, 0) is 16.8 Å². The third-order valence-corrected chi connectivity index (χ3v) is 8.04. The first-order valence-electron chi connectivity index (χ1n) is 13.3. The molecule has 2 N–H and O–H groups in total. The summed E-state index contributed by atoms with van der Waals surface area (Å²) < 4.78 is 47.5. The molecule has 2 aliphatic carbocycles. The van der Waals surface area contributed by atoms with Crippen molar-refractivity contribution < 1.29 is 37.3 Å². The molecule has 0 radical (unpaired) electrons. The lowest BCUT2D eigenvalue weighted by Crippen LogP contribution is -2.34. The van der Waals surface area contributed by atoms with E-state index in [1.165, 1.54) is 30.2 Å². The van der Waals surface area contributed by atoms with Crippen molar-refractivity contribution in [3.8, 4) is 11.5 Å². The Hall–Kier alpha value is -4.01. The second-order valence-electron chi connectivity index (χ2n) is 10.5. The summed E-state index contributed by atoms with van der Waals surface area (Å²) >= 11 is 0. The molecule has 6 nitrogen and oxygen atoms in total. The third-order valence-electron chi connectivity index (χ3n) is 8.04. The van der Waals surface area contributed by atoms with Crippen LogP contribution in [0.5, 0.6) is 11.5 Å². The fourth-order valence-corrected chi connectivity index (χ4v) is 6.36. The van der Waals surface area contributed by atoms with E-state index in [4.69, 9.17) is 9.84 Å². The molecule has 9 heteroatoms. The number of hydrogen-bond donors (Lipinski definition) is 2. The minimum atomic E-state index is -4.75. The number of carbonyl (C=O) groups is 2. The number of halogens is 3. The molecule has 3 unspecified atom stereocenters. The van der Waals surface area contributed by atoms with Crippen molar-refractivity contribution in [3.63, 3.8) is 0 Å². The maximum Gasteiger partial charge on any atom is 0.573 e. The molecule has 3 atom stereocenters. The maximum atomic E-state index is 12.5. The van der Waals surface area contributed by atoms with E-state index in [0.717, 1.165) is 24.8 Å². The predicted molar refractivity (Wildman–Crippen MR) is 141 cm³/mol. The molecule has 0 heterocycles. The summed E-state index contributed by atoms with van der Waals surface area (Å²) in [5, 5.41) is 11.4. The molecule has 210 valence electrons. The van der Waals surface area contributed by atoms with Gasteiger partial charge < -0.3 is 19.9 Å². The monoisotopic (exact) mass is 553 g/mol. The van der Waals surface area contributed by atoms with Gasteiger partial charge in [0.2, 0.25) is 0 Å². The zero-order chi connectivity index (χ0) is 28.3. The van der Waals surface area contributed by atoms with Crippen LogP contribution in [0.15, 0.2) is 72.8 Å². The Morgan fingerprint density at radius 2 is 1.65 bits per heavy atom. The first-order chi connectivity index (χ1) is 19.1. The van der Waals surface area contributed by atoms with E-state index in [2.05, 4.69) is 22.2 Å². The first kappa shape index (κ1) is 27.6. The van der Waals surface area contributed by atoms with E-state index in [1.54, 1.807) is 18.2 Å². The van der Waals surface area contributed by atoms with Gasteiger partial charge in [-0.25, -0.2) is 0 Å². The second-order valence-corrected chi connectivity index (χ2v) is 10.5. The van der Waals surface area contributed by atoms with Gasteiger partial charge in [0.25, 0.3) is 5.91 Å². The Morgan fingerprint density at radius 3 is 2.25 bits per heavy atom. The van der Waals surface area contributed by atoms with Gasteiger partial charge in [0.15, 0.2) is 0 Å². The second kappa shape index (κ2) is 11.2. The molecule has 0 spiro atoms. The Morgan fingerprint density at radius 1 is 0.950 bits per heavy atom. The van der Waals surface area contributed by atoms with Crippen LogP contribution in [0.2, 0.25) is 0 Å². The number of ether oxygens (including phenoxy) is 2. The Labute approximate surface area is 230 Å². The van der Waals surface area contributed by atoms with Crippen molar-refractivity contribution in [2.75, 3.05) is 6.54 Å². The number of alkyl halides is 3. The SMILES string of the molecule is O=C(O)CCNC(=O)c1ccc(C2(c3ccc(OCc4cccc(OC(F)(F)F)c4)cc3)CC3CCC2C3)cc1. The van der Waals surface area contributed by atoms with Crippen molar-refractivity contribution in [1.82, 2.24) is 5.32 Å². The van der Waals surface area contributed by atoms with E-state index in [9.17, 15) is 22.8 Å². The summed E-state index contributed by atoms with van der Waals surface area (Å²) in [6, 6.07) is 21.2. The van der Waals surface area contributed by atoms with Crippen LogP contribution >= 0.6 is 0 Å². The minimum Gasteiger partial charge on any atom is -0.489 e. The van der Waals surface area contributed by atoms with Gasteiger partial charge in [-0.1, -0.05) is 42.8 Å². The van der Waals surface area contributed by atoms with Gasteiger partial charge in [-0.15, -0.1) is 13.2 Å². The average Bonchev–Trinajstić information content (AvgIpc) is 3.54. The number of carboxylic acids is 1. The number of nitrogens with one attached hydrogen (secondary N) is 1. The van der Waals surface area contributed by atoms with Crippen molar-refractivity contribution in [1.29, 1.82) is 0 Å². The van der Waals surface area contributed by atoms with Crippen LogP contribution in [0.4, 0.5) is 13.2 Å². The molecular formula is C31H30F3NO5. The van der Waals surface area contributed by atoms with E-state index in [0.29, 0.717) is 28.7 Å². The molecule has 3 aromatic carbocycles. The van der Waals surface area contributed by atoms with Gasteiger partial charge in [0.05, 0.1) is 6.42 Å². The van der Waals surface area contributed by atoms with Crippen LogP contribution in [0.1, 0.15) is 59.2 Å². The Bertz CT molecular complexity index is 1360. The number of fused-ring (bicyclic) bond motifs is 2. The summed E-state index contributed by atoms with van der Waals surface area (Å²) in [5.74, 6) is 0.187. The van der Waals surface area contributed by atoms with Crippen LogP contribution in [0, 0.1) is 11.8 Å². The topological polar surface area (TPSA) is 84.9 Å². The number of hydrogen-bond acceptors (Lipinski definition) is 4. The zero-order valence-electron chi connectivity index (χ0n) is 21.7. The van der Waals surface area contributed by atoms with Crippen LogP contribution in [-0.4, -0.2) is 29.9 Å². The highest BCUT2D eigenvalue weighted by molar-refractivity contribution is 5.94. The highest BCUT2D eigenvalue weighted by atomic mass is 19.4. The number of carbonyl (C=O) groups excluding carboxylic acids is 1. The van der Waals surface area contributed by atoms with Crippen molar-refractivity contribution in [2.45, 2.75) is 50.5 Å². The van der Waals surface area contributed by atoms with Crippen molar-refractivity contribution in [3.05, 3.63) is 95.1 Å². The molecule has 0 aliphatic heterocycles. The smallest absolute Gasteiger partial charge is 0.489 e. The largest absolute Gasteiger partial charge is 0.573 e. The molecular weight excluding hydrogens is 523 g/mol. The van der Waals surface area contributed by atoms with Crippen molar-refractivity contribution >= 4 is 11.9 Å². The maximum absolute atomic E-state index is 12.5. The number of benzene rings is 3. The number of rotatable bonds is 10. The van der Waals surface area contributed by atoms with Gasteiger partial charge in [-0.3, -0.25) is 9.59 Å². The number of aliphatic carboxylic acids is 1. The summed E-state index contributed by atoms with van der Waals surface area (Å²) in [4.78, 5) is 23.2.